The number of aryl methyl sites for hydroxylation is 1. The van der Waals surface area contributed by atoms with E-state index in [0.717, 1.165) is 23.6 Å². The predicted molar refractivity (Wildman–Crippen MR) is 75.2 cm³/mol. The molecule has 1 aliphatic rings. The van der Waals surface area contributed by atoms with Crippen molar-refractivity contribution in [3.8, 4) is 0 Å². The lowest BCUT2D eigenvalue weighted by molar-refractivity contribution is 0.489. The maximum Gasteiger partial charge on any atom is 0.140 e. The van der Waals surface area contributed by atoms with Gasteiger partial charge in [-0.15, -0.1) is 0 Å². The first-order valence-electron chi connectivity index (χ1n) is 6.59. The van der Waals surface area contributed by atoms with Crippen LogP contribution < -0.4 is 10.6 Å². The van der Waals surface area contributed by atoms with Crippen LogP contribution in [-0.2, 0) is 0 Å². The summed E-state index contributed by atoms with van der Waals surface area (Å²) in [4.78, 5) is 6.94. The van der Waals surface area contributed by atoms with Crippen LogP contribution in [0.1, 0.15) is 37.9 Å². The quantitative estimate of drug-likeness (QED) is 0.635. The average Bonchev–Trinajstić information content (AvgIpc) is 2.77. The molecule has 1 aliphatic heterocycles. The molecule has 0 aromatic carbocycles. The van der Waals surface area contributed by atoms with Crippen molar-refractivity contribution >= 4 is 11.7 Å². The summed E-state index contributed by atoms with van der Waals surface area (Å²) in [6.45, 7) is 7.48. The Morgan fingerprint density at radius 2 is 2.22 bits per heavy atom. The van der Waals surface area contributed by atoms with Crippen LogP contribution in [0.3, 0.4) is 0 Å². The van der Waals surface area contributed by atoms with E-state index in [-0.39, 0.29) is 5.84 Å². The average molecular weight is 246 g/mol. The molecule has 4 nitrogen and oxygen atoms in total. The number of hydrogen-bond donors (Lipinski definition) is 2. The molecule has 1 fully saturated rings. The molecule has 0 radical (unpaired) electrons. The van der Waals surface area contributed by atoms with Gasteiger partial charge < -0.3 is 10.6 Å². The van der Waals surface area contributed by atoms with E-state index in [1.807, 2.05) is 19.1 Å². The summed E-state index contributed by atoms with van der Waals surface area (Å²) in [5.41, 5.74) is 7.40. The number of nitrogens with one attached hydrogen (secondary N) is 1. The molecule has 1 saturated heterocycles. The molecule has 1 atom stereocenters. The Kier molecular flexibility index (Phi) is 3.55. The van der Waals surface area contributed by atoms with Gasteiger partial charge in [0.2, 0.25) is 0 Å². The topological polar surface area (TPSA) is 66.0 Å². The minimum Gasteiger partial charge on any atom is -0.384 e. The normalized spacial score (nSPS) is 19.6. The van der Waals surface area contributed by atoms with Crippen molar-refractivity contribution in [2.24, 2.45) is 11.7 Å². The first-order valence-corrected chi connectivity index (χ1v) is 6.59. The van der Waals surface area contributed by atoms with Crippen molar-refractivity contribution in [3.63, 3.8) is 0 Å². The second-order valence-electron chi connectivity index (χ2n) is 5.38. The van der Waals surface area contributed by atoms with E-state index in [0.29, 0.717) is 12.0 Å². The van der Waals surface area contributed by atoms with Crippen LogP contribution in [-0.4, -0.2) is 23.4 Å². The Morgan fingerprint density at radius 1 is 1.50 bits per heavy atom. The highest BCUT2D eigenvalue weighted by atomic mass is 15.2. The minimum atomic E-state index is 0.104. The van der Waals surface area contributed by atoms with Crippen LogP contribution in [0.15, 0.2) is 12.1 Å². The summed E-state index contributed by atoms with van der Waals surface area (Å²) < 4.78 is 0. The first kappa shape index (κ1) is 12.9. The molecule has 2 heterocycles. The molecule has 2 rings (SSSR count). The van der Waals surface area contributed by atoms with Crippen molar-refractivity contribution in [1.82, 2.24) is 4.98 Å². The number of rotatable bonds is 3. The molecule has 1 aromatic rings. The molecule has 1 unspecified atom stereocenters. The smallest absolute Gasteiger partial charge is 0.140 e. The number of pyridine rings is 1. The van der Waals surface area contributed by atoms with Gasteiger partial charge in [-0.25, -0.2) is 4.98 Å². The third-order valence-electron chi connectivity index (χ3n) is 3.65. The molecule has 0 bridgehead atoms. The van der Waals surface area contributed by atoms with E-state index in [1.54, 1.807) is 0 Å². The Bertz CT molecular complexity index is 453. The zero-order valence-electron chi connectivity index (χ0n) is 11.4. The first-order chi connectivity index (χ1) is 8.50. The third-order valence-corrected chi connectivity index (χ3v) is 3.65. The second kappa shape index (κ2) is 4.96. The highest BCUT2D eigenvalue weighted by molar-refractivity contribution is 5.99. The highest BCUT2D eigenvalue weighted by Crippen LogP contribution is 2.30. The number of nitrogens with zero attached hydrogens (tertiary/aromatic N) is 2. The molecule has 4 heteroatoms. The van der Waals surface area contributed by atoms with Crippen LogP contribution in [0.2, 0.25) is 0 Å². The highest BCUT2D eigenvalue weighted by Gasteiger charge is 2.30. The molecule has 1 aromatic heterocycles. The summed E-state index contributed by atoms with van der Waals surface area (Å²) in [5.74, 6) is 1.58. The van der Waals surface area contributed by atoms with Gasteiger partial charge >= 0.3 is 0 Å². The zero-order valence-corrected chi connectivity index (χ0v) is 11.4. The fraction of sp³-hybridized carbons (Fsp3) is 0.571. The van der Waals surface area contributed by atoms with Gasteiger partial charge in [0.25, 0.3) is 0 Å². The SMILES string of the molecule is Cc1ccc(C(=N)N)c(N2CCCC2C(C)C)n1. The summed E-state index contributed by atoms with van der Waals surface area (Å²) in [5, 5.41) is 7.69. The lowest BCUT2D eigenvalue weighted by atomic mass is 10.0. The molecule has 3 N–H and O–H groups in total. The Labute approximate surface area is 109 Å². The number of nitrogen functional groups attached to an aromatic ring is 1. The molecule has 98 valence electrons. The van der Waals surface area contributed by atoms with E-state index in [2.05, 4.69) is 23.7 Å². The molecule has 0 aliphatic carbocycles. The van der Waals surface area contributed by atoms with Crippen LogP contribution in [0.4, 0.5) is 5.82 Å². The number of amidine groups is 1. The third kappa shape index (κ3) is 2.33. The molecular weight excluding hydrogens is 224 g/mol. The van der Waals surface area contributed by atoms with Crippen LogP contribution >= 0.6 is 0 Å². The van der Waals surface area contributed by atoms with Gasteiger partial charge in [0.05, 0.1) is 5.56 Å². The van der Waals surface area contributed by atoms with Crippen molar-refractivity contribution in [2.75, 3.05) is 11.4 Å². The fourth-order valence-corrected chi connectivity index (χ4v) is 2.72. The van der Waals surface area contributed by atoms with Gasteiger partial charge in [-0.1, -0.05) is 13.8 Å². The Morgan fingerprint density at radius 3 is 2.83 bits per heavy atom. The second-order valence-corrected chi connectivity index (χ2v) is 5.38. The van der Waals surface area contributed by atoms with Crippen LogP contribution in [0, 0.1) is 18.3 Å². The Balaban J connectivity index is 2.42. The number of aromatic nitrogens is 1. The monoisotopic (exact) mass is 246 g/mol. The number of anilines is 1. The van der Waals surface area contributed by atoms with E-state index >= 15 is 0 Å². The molecule has 0 amide bonds. The maximum absolute atomic E-state index is 7.69. The standard InChI is InChI=1S/C14H22N4/c1-9(2)12-5-4-8-18(12)14-11(13(15)16)7-6-10(3)17-14/h6-7,9,12H,4-5,8H2,1-3H3,(H3,15,16). The van der Waals surface area contributed by atoms with E-state index in [9.17, 15) is 0 Å². The molecular formula is C14H22N4. The van der Waals surface area contributed by atoms with Crippen LogP contribution in [0.25, 0.3) is 0 Å². The maximum atomic E-state index is 7.69. The van der Waals surface area contributed by atoms with Crippen molar-refractivity contribution in [2.45, 2.75) is 39.7 Å². The van der Waals surface area contributed by atoms with Crippen molar-refractivity contribution in [3.05, 3.63) is 23.4 Å². The van der Waals surface area contributed by atoms with E-state index in [4.69, 9.17) is 11.1 Å². The van der Waals surface area contributed by atoms with E-state index in [1.165, 1.54) is 12.8 Å². The van der Waals surface area contributed by atoms with E-state index < -0.39 is 0 Å². The fourth-order valence-electron chi connectivity index (χ4n) is 2.72. The lowest BCUT2D eigenvalue weighted by Crippen LogP contribution is -2.35. The Hall–Kier alpha value is -1.58. The van der Waals surface area contributed by atoms with Crippen LogP contribution in [0.5, 0.6) is 0 Å². The van der Waals surface area contributed by atoms with Gasteiger partial charge in [0.1, 0.15) is 11.7 Å². The predicted octanol–water partition coefficient (Wildman–Crippen LogP) is 2.30. The summed E-state index contributed by atoms with van der Waals surface area (Å²) in [7, 11) is 0. The summed E-state index contributed by atoms with van der Waals surface area (Å²) in [6, 6.07) is 4.34. The van der Waals surface area contributed by atoms with Crippen molar-refractivity contribution < 1.29 is 0 Å². The zero-order chi connectivity index (χ0) is 13.3. The minimum absolute atomic E-state index is 0.104. The van der Waals surface area contributed by atoms with Crippen molar-refractivity contribution in [1.29, 1.82) is 5.41 Å². The summed E-state index contributed by atoms with van der Waals surface area (Å²) in [6.07, 6.45) is 2.39. The van der Waals surface area contributed by atoms with Gasteiger partial charge in [-0.05, 0) is 37.8 Å². The lowest BCUT2D eigenvalue weighted by Gasteiger charge is -2.30. The molecule has 0 saturated carbocycles. The van der Waals surface area contributed by atoms with Gasteiger partial charge in [0.15, 0.2) is 0 Å². The number of hydrogen-bond acceptors (Lipinski definition) is 3. The largest absolute Gasteiger partial charge is 0.384 e. The van der Waals surface area contributed by atoms with Gasteiger partial charge in [-0.2, -0.15) is 0 Å². The molecule has 0 spiro atoms. The van der Waals surface area contributed by atoms with Gasteiger partial charge in [-0.3, -0.25) is 5.41 Å². The summed E-state index contributed by atoms with van der Waals surface area (Å²) >= 11 is 0. The number of nitrogens with two attached hydrogens (primary N) is 1. The van der Waals surface area contributed by atoms with Gasteiger partial charge in [0, 0.05) is 18.3 Å². The molecule has 18 heavy (non-hydrogen) atoms.